The van der Waals surface area contributed by atoms with E-state index < -0.39 is 0 Å². The number of nitrogens with zero attached hydrogens (tertiary/aromatic N) is 3. The molecule has 1 atom stereocenters. The average molecular weight is 339 g/mol. The Balaban J connectivity index is 1.42. The van der Waals surface area contributed by atoms with Gasteiger partial charge in [-0.2, -0.15) is 5.10 Å². The standard InChI is InChI=1S/C19H21N3O3/c1-21-10-8-16(20-21)15-3-2-9-22(12-15)19(23)7-5-14-4-6-17-18(11-14)25-13-24-17/h4-8,10-11,15H,2-3,9,12-13H2,1H3/b7-5+. The molecule has 1 saturated heterocycles. The fourth-order valence-corrected chi connectivity index (χ4v) is 3.36. The fourth-order valence-electron chi connectivity index (χ4n) is 3.36. The Morgan fingerprint density at radius 3 is 3.00 bits per heavy atom. The second-order valence-corrected chi connectivity index (χ2v) is 6.48. The Morgan fingerprint density at radius 2 is 2.16 bits per heavy atom. The van der Waals surface area contributed by atoms with Crippen molar-refractivity contribution in [2.75, 3.05) is 19.9 Å². The molecule has 1 aromatic heterocycles. The molecule has 0 N–H and O–H groups in total. The van der Waals surface area contributed by atoms with Gasteiger partial charge in [0.2, 0.25) is 12.7 Å². The molecule has 2 aromatic rings. The van der Waals surface area contributed by atoms with Crippen molar-refractivity contribution in [1.82, 2.24) is 14.7 Å². The van der Waals surface area contributed by atoms with Crippen LogP contribution in [0.4, 0.5) is 0 Å². The molecule has 0 aliphatic carbocycles. The third-order valence-corrected chi connectivity index (χ3v) is 4.70. The summed E-state index contributed by atoms with van der Waals surface area (Å²) in [5.74, 6) is 1.83. The number of aromatic nitrogens is 2. The van der Waals surface area contributed by atoms with Gasteiger partial charge in [-0.05, 0) is 42.7 Å². The third-order valence-electron chi connectivity index (χ3n) is 4.70. The summed E-state index contributed by atoms with van der Waals surface area (Å²) in [6, 6.07) is 7.72. The second kappa shape index (κ2) is 6.63. The van der Waals surface area contributed by atoms with Crippen LogP contribution in [0.1, 0.15) is 30.0 Å². The van der Waals surface area contributed by atoms with Crippen molar-refractivity contribution in [2.45, 2.75) is 18.8 Å². The van der Waals surface area contributed by atoms with Crippen molar-refractivity contribution in [3.05, 3.63) is 47.8 Å². The number of ether oxygens (including phenoxy) is 2. The summed E-state index contributed by atoms with van der Waals surface area (Å²) in [5, 5.41) is 4.49. The van der Waals surface area contributed by atoms with Crippen molar-refractivity contribution in [1.29, 1.82) is 0 Å². The number of hydrogen-bond acceptors (Lipinski definition) is 4. The van der Waals surface area contributed by atoms with Crippen LogP contribution in [0, 0.1) is 0 Å². The highest BCUT2D eigenvalue weighted by Crippen LogP contribution is 2.33. The molecule has 0 spiro atoms. The molecule has 6 heteroatoms. The molecule has 130 valence electrons. The Morgan fingerprint density at radius 1 is 1.28 bits per heavy atom. The van der Waals surface area contributed by atoms with Gasteiger partial charge in [-0.25, -0.2) is 0 Å². The first-order valence-electron chi connectivity index (χ1n) is 8.55. The number of carbonyl (C=O) groups is 1. The lowest BCUT2D eigenvalue weighted by Gasteiger charge is -2.31. The van der Waals surface area contributed by atoms with Crippen LogP contribution in [0.5, 0.6) is 11.5 Å². The van der Waals surface area contributed by atoms with Crippen molar-refractivity contribution >= 4 is 12.0 Å². The summed E-state index contributed by atoms with van der Waals surface area (Å²) in [6.45, 7) is 1.78. The van der Waals surface area contributed by atoms with Crippen molar-refractivity contribution in [3.8, 4) is 11.5 Å². The van der Waals surface area contributed by atoms with Gasteiger partial charge in [-0.3, -0.25) is 9.48 Å². The number of hydrogen-bond donors (Lipinski definition) is 0. The van der Waals surface area contributed by atoms with Crippen molar-refractivity contribution in [3.63, 3.8) is 0 Å². The number of benzene rings is 1. The van der Waals surface area contributed by atoms with E-state index in [2.05, 4.69) is 5.10 Å². The molecule has 0 radical (unpaired) electrons. The van der Waals surface area contributed by atoms with E-state index in [0.29, 0.717) is 5.92 Å². The minimum Gasteiger partial charge on any atom is -0.454 e. The predicted molar refractivity (Wildman–Crippen MR) is 93.4 cm³/mol. The van der Waals surface area contributed by atoms with E-state index in [1.807, 2.05) is 53.2 Å². The highest BCUT2D eigenvalue weighted by molar-refractivity contribution is 5.92. The van der Waals surface area contributed by atoms with E-state index in [0.717, 1.165) is 48.7 Å². The number of rotatable bonds is 3. The lowest BCUT2D eigenvalue weighted by atomic mass is 9.95. The van der Waals surface area contributed by atoms with Gasteiger partial charge in [0.05, 0.1) is 5.69 Å². The van der Waals surface area contributed by atoms with Crippen LogP contribution >= 0.6 is 0 Å². The lowest BCUT2D eigenvalue weighted by molar-refractivity contribution is -0.127. The van der Waals surface area contributed by atoms with Crippen LogP contribution < -0.4 is 9.47 Å². The molecule has 1 aromatic carbocycles. The minimum absolute atomic E-state index is 0.0401. The molecular formula is C19H21N3O3. The number of piperidine rings is 1. The molecule has 1 fully saturated rings. The number of amides is 1. The maximum atomic E-state index is 12.5. The molecule has 3 heterocycles. The normalized spacial score (nSPS) is 19.6. The zero-order valence-corrected chi connectivity index (χ0v) is 14.2. The molecule has 1 amide bonds. The molecule has 4 rings (SSSR count). The molecular weight excluding hydrogens is 318 g/mol. The zero-order valence-electron chi connectivity index (χ0n) is 14.2. The van der Waals surface area contributed by atoms with Gasteiger partial charge >= 0.3 is 0 Å². The quantitative estimate of drug-likeness (QED) is 0.807. The summed E-state index contributed by atoms with van der Waals surface area (Å²) in [7, 11) is 1.92. The Hall–Kier alpha value is -2.76. The Kier molecular flexibility index (Phi) is 4.17. The monoisotopic (exact) mass is 339 g/mol. The van der Waals surface area contributed by atoms with Crippen LogP contribution in [0.3, 0.4) is 0 Å². The van der Waals surface area contributed by atoms with E-state index in [9.17, 15) is 4.79 Å². The SMILES string of the molecule is Cn1ccc(C2CCCN(C(=O)/C=C/c3ccc4c(c3)OCO4)C2)n1. The molecule has 2 aliphatic rings. The molecule has 0 bridgehead atoms. The highest BCUT2D eigenvalue weighted by Gasteiger charge is 2.25. The Labute approximate surface area is 146 Å². The van der Waals surface area contributed by atoms with E-state index >= 15 is 0 Å². The summed E-state index contributed by atoms with van der Waals surface area (Å²) in [6.07, 6.45) is 7.50. The van der Waals surface area contributed by atoms with E-state index in [1.54, 1.807) is 6.08 Å². The van der Waals surface area contributed by atoms with E-state index in [1.165, 1.54) is 0 Å². The van der Waals surface area contributed by atoms with E-state index in [4.69, 9.17) is 9.47 Å². The van der Waals surface area contributed by atoms with Gasteiger partial charge in [0.1, 0.15) is 0 Å². The van der Waals surface area contributed by atoms with Crippen molar-refractivity contribution < 1.29 is 14.3 Å². The van der Waals surface area contributed by atoms with Crippen LogP contribution in [0.15, 0.2) is 36.5 Å². The van der Waals surface area contributed by atoms with E-state index in [-0.39, 0.29) is 12.7 Å². The van der Waals surface area contributed by atoms with Crippen LogP contribution in [-0.2, 0) is 11.8 Å². The smallest absolute Gasteiger partial charge is 0.246 e. The van der Waals surface area contributed by atoms with Crippen molar-refractivity contribution in [2.24, 2.45) is 7.05 Å². The van der Waals surface area contributed by atoms with Crippen LogP contribution in [0.25, 0.3) is 6.08 Å². The number of fused-ring (bicyclic) bond motifs is 1. The summed E-state index contributed by atoms with van der Waals surface area (Å²) in [5.41, 5.74) is 2.00. The number of aryl methyl sites for hydroxylation is 1. The maximum Gasteiger partial charge on any atom is 0.246 e. The zero-order chi connectivity index (χ0) is 17.2. The molecule has 1 unspecified atom stereocenters. The van der Waals surface area contributed by atoms with Gasteiger partial charge in [-0.15, -0.1) is 0 Å². The van der Waals surface area contributed by atoms with Gasteiger partial charge in [0.25, 0.3) is 0 Å². The Bertz CT molecular complexity index is 812. The van der Waals surface area contributed by atoms with Crippen LogP contribution in [0.2, 0.25) is 0 Å². The second-order valence-electron chi connectivity index (χ2n) is 6.48. The highest BCUT2D eigenvalue weighted by atomic mass is 16.7. The van der Waals surface area contributed by atoms with Gasteiger partial charge in [0.15, 0.2) is 11.5 Å². The largest absolute Gasteiger partial charge is 0.454 e. The first kappa shape index (κ1) is 15.7. The third kappa shape index (κ3) is 3.38. The van der Waals surface area contributed by atoms with Crippen LogP contribution in [-0.4, -0.2) is 40.5 Å². The lowest BCUT2D eigenvalue weighted by Crippen LogP contribution is -2.38. The minimum atomic E-state index is 0.0401. The molecule has 6 nitrogen and oxygen atoms in total. The topological polar surface area (TPSA) is 56.6 Å². The first-order chi connectivity index (χ1) is 12.2. The first-order valence-corrected chi connectivity index (χ1v) is 8.55. The number of likely N-dealkylation sites (tertiary alicyclic amines) is 1. The van der Waals surface area contributed by atoms with Gasteiger partial charge < -0.3 is 14.4 Å². The summed E-state index contributed by atoms with van der Waals surface area (Å²) >= 11 is 0. The summed E-state index contributed by atoms with van der Waals surface area (Å²) < 4.78 is 12.5. The van der Waals surface area contributed by atoms with Gasteiger partial charge in [-0.1, -0.05) is 6.07 Å². The number of carbonyl (C=O) groups excluding carboxylic acids is 1. The maximum absolute atomic E-state index is 12.5. The summed E-state index contributed by atoms with van der Waals surface area (Å²) in [4.78, 5) is 14.5. The molecule has 2 aliphatic heterocycles. The molecule has 25 heavy (non-hydrogen) atoms. The molecule has 0 saturated carbocycles. The average Bonchev–Trinajstić information content (AvgIpc) is 3.28. The van der Waals surface area contributed by atoms with Gasteiger partial charge in [0, 0.05) is 38.3 Å². The predicted octanol–water partition coefficient (Wildman–Crippen LogP) is 2.57. The fraction of sp³-hybridized carbons (Fsp3) is 0.368.